The standard InChI is InChI=1S/C25H22N2O.C2H6/c1-17-14-18(2)23(19(3)15-17)26-16-22-24(20-10-6-4-7-11-20)28-25(27-22)21-12-8-5-9-13-21;1-2/h4-16H,1-3H3;1-2H3. The van der Waals surface area contributed by atoms with E-state index in [9.17, 15) is 0 Å². The van der Waals surface area contributed by atoms with E-state index in [0.717, 1.165) is 39.4 Å². The molecule has 4 aromatic rings. The van der Waals surface area contributed by atoms with Crippen molar-refractivity contribution in [2.45, 2.75) is 34.6 Å². The van der Waals surface area contributed by atoms with Crippen LogP contribution >= 0.6 is 0 Å². The molecule has 1 heterocycles. The average Bonchev–Trinajstić information content (AvgIpc) is 3.20. The lowest BCUT2D eigenvalue weighted by atomic mass is 10.1. The van der Waals surface area contributed by atoms with Gasteiger partial charge in [-0.3, -0.25) is 4.99 Å². The Morgan fingerprint density at radius 2 is 1.30 bits per heavy atom. The molecule has 0 fully saturated rings. The van der Waals surface area contributed by atoms with Gasteiger partial charge < -0.3 is 4.42 Å². The first-order valence-electron chi connectivity index (χ1n) is 10.4. The van der Waals surface area contributed by atoms with Gasteiger partial charge in [-0.15, -0.1) is 0 Å². The molecule has 0 amide bonds. The summed E-state index contributed by atoms with van der Waals surface area (Å²) in [4.78, 5) is 9.50. The van der Waals surface area contributed by atoms with Crippen molar-refractivity contribution >= 4 is 11.9 Å². The van der Waals surface area contributed by atoms with Gasteiger partial charge in [-0.1, -0.05) is 80.1 Å². The third-order valence-electron chi connectivity index (χ3n) is 4.66. The zero-order valence-corrected chi connectivity index (χ0v) is 18.3. The molecule has 1 aromatic heterocycles. The third-order valence-corrected chi connectivity index (χ3v) is 4.66. The van der Waals surface area contributed by atoms with Crippen LogP contribution < -0.4 is 0 Å². The van der Waals surface area contributed by atoms with Gasteiger partial charge in [0, 0.05) is 11.1 Å². The number of nitrogens with zero attached hydrogens (tertiary/aromatic N) is 2. The molecule has 0 aliphatic carbocycles. The summed E-state index contributed by atoms with van der Waals surface area (Å²) in [5, 5.41) is 0. The first-order valence-corrected chi connectivity index (χ1v) is 10.4. The van der Waals surface area contributed by atoms with Crippen LogP contribution in [0.25, 0.3) is 22.8 Å². The van der Waals surface area contributed by atoms with E-state index in [1.807, 2.05) is 80.7 Å². The molecule has 3 nitrogen and oxygen atoms in total. The summed E-state index contributed by atoms with van der Waals surface area (Å²) in [6, 6.07) is 24.3. The zero-order chi connectivity index (χ0) is 21.5. The molecule has 152 valence electrons. The van der Waals surface area contributed by atoms with Crippen LogP contribution in [0.3, 0.4) is 0 Å². The van der Waals surface area contributed by atoms with Crippen LogP contribution in [-0.4, -0.2) is 11.2 Å². The smallest absolute Gasteiger partial charge is 0.227 e. The molecule has 0 saturated heterocycles. The van der Waals surface area contributed by atoms with E-state index < -0.39 is 0 Å². The van der Waals surface area contributed by atoms with Gasteiger partial charge in [-0.05, 0) is 44.0 Å². The van der Waals surface area contributed by atoms with E-state index in [2.05, 4.69) is 32.9 Å². The predicted octanol–water partition coefficient (Wildman–Crippen LogP) is 7.71. The lowest BCUT2D eigenvalue weighted by Crippen LogP contribution is -1.88. The number of aryl methyl sites for hydroxylation is 3. The lowest BCUT2D eigenvalue weighted by molar-refractivity contribution is 0.588. The molecule has 0 aliphatic heterocycles. The first kappa shape index (κ1) is 21.3. The normalized spacial score (nSPS) is 10.7. The number of aliphatic imine (C=N–C) groups is 1. The monoisotopic (exact) mass is 396 g/mol. The topological polar surface area (TPSA) is 38.4 Å². The SMILES string of the molecule is CC.Cc1cc(C)c(N=Cc2nc(-c3ccccc3)oc2-c2ccccc2)c(C)c1. The number of hydrogen-bond acceptors (Lipinski definition) is 3. The van der Waals surface area contributed by atoms with Gasteiger partial charge in [0.15, 0.2) is 5.76 Å². The Kier molecular flexibility index (Phi) is 6.97. The van der Waals surface area contributed by atoms with E-state index >= 15 is 0 Å². The van der Waals surface area contributed by atoms with E-state index in [4.69, 9.17) is 14.4 Å². The van der Waals surface area contributed by atoms with E-state index in [0.29, 0.717) is 5.89 Å². The minimum atomic E-state index is 0.596. The van der Waals surface area contributed by atoms with Crippen LogP contribution in [0.4, 0.5) is 5.69 Å². The Labute approximate surface area is 179 Å². The van der Waals surface area contributed by atoms with Crippen molar-refractivity contribution in [1.82, 2.24) is 4.98 Å². The Bertz CT molecular complexity index is 1100. The fourth-order valence-electron chi connectivity index (χ4n) is 3.42. The molecule has 0 unspecified atom stereocenters. The lowest BCUT2D eigenvalue weighted by Gasteiger charge is -2.06. The number of aromatic nitrogens is 1. The highest BCUT2D eigenvalue weighted by molar-refractivity contribution is 5.89. The quantitative estimate of drug-likeness (QED) is 0.331. The van der Waals surface area contributed by atoms with Gasteiger partial charge in [-0.2, -0.15) is 0 Å². The van der Waals surface area contributed by atoms with Crippen molar-refractivity contribution in [2.75, 3.05) is 0 Å². The van der Waals surface area contributed by atoms with Crippen LogP contribution in [0.1, 0.15) is 36.2 Å². The Morgan fingerprint density at radius 1 is 0.767 bits per heavy atom. The second-order valence-corrected chi connectivity index (χ2v) is 6.97. The fourth-order valence-corrected chi connectivity index (χ4v) is 3.42. The van der Waals surface area contributed by atoms with Gasteiger partial charge in [0.2, 0.25) is 5.89 Å². The van der Waals surface area contributed by atoms with Crippen LogP contribution in [0.5, 0.6) is 0 Å². The molecule has 0 aliphatic rings. The molecule has 0 radical (unpaired) electrons. The van der Waals surface area contributed by atoms with Crippen molar-refractivity contribution in [3.8, 4) is 22.8 Å². The van der Waals surface area contributed by atoms with Crippen LogP contribution in [0.2, 0.25) is 0 Å². The molecule has 4 rings (SSSR count). The summed E-state index contributed by atoms with van der Waals surface area (Å²) < 4.78 is 6.15. The van der Waals surface area contributed by atoms with Crippen LogP contribution in [0, 0.1) is 20.8 Å². The highest BCUT2D eigenvalue weighted by atomic mass is 16.4. The van der Waals surface area contributed by atoms with Gasteiger partial charge in [0.25, 0.3) is 0 Å². The largest absolute Gasteiger partial charge is 0.435 e. The van der Waals surface area contributed by atoms with Crippen LogP contribution in [-0.2, 0) is 0 Å². The molecule has 3 heteroatoms. The molecule has 0 N–H and O–H groups in total. The van der Waals surface area contributed by atoms with Crippen molar-refractivity contribution in [3.63, 3.8) is 0 Å². The van der Waals surface area contributed by atoms with Gasteiger partial charge >= 0.3 is 0 Å². The molecule has 3 aromatic carbocycles. The Morgan fingerprint density at radius 3 is 1.87 bits per heavy atom. The maximum absolute atomic E-state index is 6.15. The van der Waals surface area contributed by atoms with Crippen molar-refractivity contribution in [1.29, 1.82) is 0 Å². The second-order valence-electron chi connectivity index (χ2n) is 6.97. The highest BCUT2D eigenvalue weighted by Crippen LogP contribution is 2.30. The maximum Gasteiger partial charge on any atom is 0.227 e. The molecule has 0 atom stereocenters. The van der Waals surface area contributed by atoms with Gasteiger partial charge in [0.05, 0.1) is 11.9 Å². The van der Waals surface area contributed by atoms with Gasteiger partial charge in [-0.25, -0.2) is 4.98 Å². The molecule has 0 saturated carbocycles. The van der Waals surface area contributed by atoms with E-state index in [-0.39, 0.29) is 0 Å². The van der Waals surface area contributed by atoms with Crippen LogP contribution in [0.15, 0.2) is 82.2 Å². The predicted molar refractivity (Wildman–Crippen MR) is 127 cm³/mol. The Hall–Kier alpha value is -3.46. The summed E-state index contributed by atoms with van der Waals surface area (Å²) in [5.74, 6) is 1.32. The third kappa shape index (κ3) is 4.74. The summed E-state index contributed by atoms with van der Waals surface area (Å²) in [6.45, 7) is 10.3. The molecule has 30 heavy (non-hydrogen) atoms. The number of rotatable bonds is 4. The maximum atomic E-state index is 6.15. The summed E-state index contributed by atoms with van der Waals surface area (Å²) in [5.41, 5.74) is 7.19. The highest BCUT2D eigenvalue weighted by Gasteiger charge is 2.15. The van der Waals surface area contributed by atoms with Crippen molar-refractivity contribution < 1.29 is 4.42 Å². The Balaban J connectivity index is 0.00000124. The molecular weight excluding hydrogens is 368 g/mol. The summed E-state index contributed by atoms with van der Waals surface area (Å²) in [6.07, 6.45) is 1.81. The minimum absolute atomic E-state index is 0.596. The summed E-state index contributed by atoms with van der Waals surface area (Å²) in [7, 11) is 0. The van der Waals surface area contributed by atoms with Crippen molar-refractivity contribution in [3.05, 3.63) is 95.2 Å². The minimum Gasteiger partial charge on any atom is -0.435 e. The number of benzene rings is 3. The fraction of sp³-hybridized carbons (Fsp3) is 0.185. The average molecular weight is 397 g/mol. The summed E-state index contributed by atoms with van der Waals surface area (Å²) >= 11 is 0. The molecular formula is C27H28N2O. The first-order chi connectivity index (χ1) is 14.6. The zero-order valence-electron chi connectivity index (χ0n) is 18.3. The number of oxazole rings is 1. The van der Waals surface area contributed by atoms with Gasteiger partial charge in [0.1, 0.15) is 5.69 Å². The van der Waals surface area contributed by atoms with E-state index in [1.165, 1.54) is 5.56 Å². The molecule has 0 spiro atoms. The van der Waals surface area contributed by atoms with E-state index in [1.54, 1.807) is 0 Å². The van der Waals surface area contributed by atoms with Crippen molar-refractivity contribution in [2.24, 2.45) is 4.99 Å². The number of hydrogen-bond donors (Lipinski definition) is 0. The second kappa shape index (κ2) is 9.84. The molecule has 0 bridgehead atoms.